The number of nitrogens with zero attached hydrogens (tertiary/aromatic N) is 3. The van der Waals surface area contributed by atoms with Gasteiger partial charge in [0.05, 0.1) is 19.6 Å². The van der Waals surface area contributed by atoms with E-state index in [2.05, 4.69) is 24.1 Å². The molecule has 0 unspecified atom stereocenters. The summed E-state index contributed by atoms with van der Waals surface area (Å²) in [6.07, 6.45) is 1.75. The second-order valence-electron chi connectivity index (χ2n) is 6.62. The van der Waals surface area contributed by atoms with Gasteiger partial charge in [0.2, 0.25) is 0 Å². The number of pyridine rings is 1. The lowest BCUT2D eigenvalue weighted by Crippen LogP contribution is -2.05. The summed E-state index contributed by atoms with van der Waals surface area (Å²) in [5.41, 5.74) is 3.03. The summed E-state index contributed by atoms with van der Waals surface area (Å²) < 4.78 is 10.7. The summed E-state index contributed by atoms with van der Waals surface area (Å²) >= 11 is 1.68. The van der Waals surface area contributed by atoms with Gasteiger partial charge in [0, 0.05) is 17.6 Å². The van der Waals surface area contributed by atoms with Gasteiger partial charge >= 0.3 is 0 Å². The SMILES string of the molecule is COc1ccc(CNc2nc(-c3ccccn3)nc3sc(C)c(C)c23)cc1OC. The molecule has 0 aliphatic heterocycles. The Morgan fingerprint density at radius 1 is 1.00 bits per heavy atom. The van der Waals surface area contributed by atoms with E-state index in [9.17, 15) is 0 Å². The van der Waals surface area contributed by atoms with Gasteiger partial charge in [-0.2, -0.15) is 0 Å². The Kier molecular flexibility index (Phi) is 5.31. The van der Waals surface area contributed by atoms with Crippen LogP contribution in [0.15, 0.2) is 42.6 Å². The molecule has 0 radical (unpaired) electrons. The van der Waals surface area contributed by atoms with Crippen molar-refractivity contribution in [2.45, 2.75) is 20.4 Å². The maximum absolute atomic E-state index is 5.41. The average molecular weight is 407 g/mol. The highest BCUT2D eigenvalue weighted by Crippen LogP contribution is 2.35. The summed E-state index contributed by atoms with van der Waals surface area (Å²) in [6.45, 7) is 4.82. The molecule has 1 N–H and O–H groups in total. The van der Waals surface area contributed by atoms with Gasteiger partial charge in [-0.1, -0.05) is 12.1 Å². The molecular formula is C22H22N4O2S. The average Bonchev–Trinajstić information content (AvgIpc) is 3.06. The molecule has 0 fully saturated rings. The molecule has 29 heavy (non-hydrogen) atoms. The monoisotopic (exact) mass is 406 g/mol. The number of thiophene rings is 1. The van der Waals surface area contributed by atoms with Crippen LogP contribution in [-0.4, -0.2) is 29.2 Å². The number of aromatic nitrogens is 3. The Balaban J connectivity index is 1.72. The number of hydrogen-bond acceptors (Lipinski definition) is 7. The molecule has 4 rings (SSSR count). The summed E-state index contributed by atoms with van der Waals surface area (Å²) in [4.78, 5) is 16.2. The van der Waals surface area contributed by atoms with Crippen molar-refractivity contribution < 1.29 is 9.47 Å². The zero-order chi connectivity index (χ0) is 20.4. The maximum Gasteiger partial charge on any atom is 0.181 e. The van der Waals surface area contributed by atoms with Crippen molar-refractivity contribution in [1.82, 2.24) is 15.0 Å². The Morgan fingerprint density at radius 2 is 1.83 bits per heavy atom. The van der Waals surface area contributed by atoms with Crippen LogP contribution in [0.1, 0.15) is 16.0 Å². The molecule has 0 aliphatic carbocycles. The number of benzene rings is 1. The third-order valence-electron chi connectivity index (χ3n) is 4.83. The van der Waals surface area contributed by atoms with Gasteiger partial charge in [0.25, 0.3) is 0 Å². The molecule has 7 heteroatoms. The number of methoxy groups -OCH3 is 2. The predicted molar refractivity (Wildman–Crippen MR) is 117 cm³/mol. The van der Waals surface area contributed by atoms with Crippen LogP contribution in [0, 0.1) is 13.8 Å². The zero-order valence-corrected chi connectivity index (χ0v) is 17.6. The molecule has 4 aromatic rings. The summed E-state index contributed by atoms with van der Waals surface area (Å²) in [6, 6.07) is 11.6. The standard InChI is InChI=1S/C22H22N4O2S/c1-13-14(2)29-22-19(13)21(25-20(26-22)16-7-5-6-10-23-16)24-12-15-8-9-17(27-3)18(11-15)28-4/h5-11H,12H2,1-4H3,(H,24,25,26). The Labute approximate surface area is 173 Å². The van der Waals surface area contributed by atoms with Gasteiger partial charge in [0.15, 0.2) is 17.3 Å². The van der Waals surface area contributed by atoms with E-state index in [1.807, 2.05) is 36.4 Å². The minimum atomic E-state index is 0.600. The van der Waals surface area contributed by atoms with E-state index in [1.54, 1.807) is 31.8 Å². The van der Waals surface area contributed by atoms with E-state index in [1.165, 1.54) is 10.4 Å². The quantitative estimate of drug-likeness (QED) is 0.486. The van der Waals surface area contributed by atoms with E-state index >= 15 is 0 Å². The fourth-order valence-corrected chi connectivity index (χ4v) is 4.19. The van der Waals surface area contributed by atoms with Gasteiger partial charge in [-0.3, -0.25) is 4.98 Å². The van der Waals surface area contributed by atoms with Crippen molar-refractivity contribution in [3.63, 3.8) is 0 Å². The van der Waals surface area contributed by atoms with Crippen LogP contribution in [0.5, 0.6) is 11.5 Å². The van der Waals surface area contributed by atoms with Gasteiger partial charge in [-0.05, 0) is 49.2 Å². The van der Waals surface area contributed by atoms with Crippen LogP contribution in [0.25, 0.3) is 21.7 Å². The molecule has 0 bridgehead atoms. The zero-order valence-electron chi connectivity index (χ0n) is 16.8. The molecule has 6 nitrogen and oxygen atoms in total. The van der Waals surface area contributed by atoms with Crippen LogP contribution in [0.2, 0.25) is 0 Å². The highest BCUT2D eigenvalue weighted by Gasteiger charge is 2.16. The van der Waals surface area contributed by atoms with Crippen molar-refractivity contribution in [2.24, 2.45) is 0 Å². The fraction of sp³-hybridized carbons (Fsp3) is 0.227. The van der Waals surface area contributed by atoms with Crippen LogP contribution in [0.3, 0.4) is 0 Å². The van der Waals surface area contributed by atoms with Gasteiger partial charge in [-0.15, -0.1) is 11.3 Å². The molecule has 0 aliphatic rings. The molecule has 0 atom stereocenters. The number of fused-ring (bicyclic) bond motifs is 1. The number of rotatable bonds is 6. The summed E-state index contributed by atoms with van der Waals surface area (Å²) in [5.74, 6) is 2.85. The second kappa shape index (κ2) is 8.05. The molecule has 148 valence electrons. The van der Waals surface area contributed by atoms with Crippen LogP contribution in [0.4, 0.5) is 5.82 Å². The van der Waals surface area contributed by atoms with Crippen molar-refractivity contribution in [3.8, 4) is 23.0 Å². The third-order valence-corrected chi connectivity index (χ3v) is 5.93. The molecular weight excluding hydrogens is 384 g/mol. The van der Waals surface area contributed by atoms with Crippen molar-refractivity contribution in [2.75, 3.05) is 19.5 Å². The molecule has 3 heterocycles. The summed E-state index contributed by atoms with van der Waals surface area (Å²) in [5, 5.41) is 4.55. The molecule has 0 saturated heterocycles. The maximum atomic E-state index is 5.41. The van der Waals surface area contributed by atoms with Crippen LogP contribution >= 0.6 is 11.3 Å². The lowest BCUT2D eigenvalue weighted by molar-refractivity contribution is 0.354. The molecule has 0 spiro atoms. The van der Waals surface area contributed by atoms with E-state index in [0.717, 1.165) is 27.3 Å². The number of ether oxygens (including phenoxy) is 2. The van der Waals surface area contributed by atoms with Gasteiger partial charge < -0.3 is 14.8 Å². The predicted octanol–water partition coefficient (Wildman–Crippen LogP) is 5.00. The van der Waals surface area contributed by atoms with E-state index in [4.69, 9.17) is 19.4 Å². The number of anilines is 1. The minimum absolute atomic E-state index is 0.600. The molecule has 0 amide bonds. The van der Waals surface area contributed by atoms with E-state index in [0.29, 0.717) is 23.9 Å². The highest BCUT2D eigenvalue weighted by atomic mass is 32.1. The fourth-order valence-electron chi connectivity index (χ4n) is 3.16. The summed E-state index contributed by atoms with van der Waals surface area (Å²) in [7, 11) is 3.27. The Bertz CT molecular complexity index is 1160. The first-order valence-electron chi connectivity index (χ1n) is 9.24. The lowest BCUT2D eigenvalue weighted by Gasteiger charge is -2.12. The lowest BCUT2D eigenvalue weighted by atomic mass is 10.1. The normalized spacial score (nSPS) is 10.9. The van der Waals surface area contributed by atoms with Gasteiger partial charge in [0.1, 0.15) is 16.3 Å². The van der Waals surface area contributed by atoms with Crippen LogP contribution < -0.4 is 14.8 Å². The van der Waals surface area contributed by atoms with Crippen molar-refractivity contribution in [3.05, 3.63) is 58.6 Å². The smallest absolute Gasteiger partial charge is 0.181 e. The third kappa shape index (κ3) is 3.73. The second-order valence-corrected chi connectivity index (χ2v) is 7.82. The number of nitrogens with one attached hydrogen (secondary N) is 1. The first kappa shape index (κ1) is 19.1. The largest absolute Gasteiger partial charge is 0.493 e. The van der Waals surface area contributed by atoms with Crippen LogP contribution in [-0.2, 0) is 6.54 Å². The van der Waals surface area contributed by atoms with Crippen molar-refractivity contribution in [1.29, 1.82) is 0 Å². The van der Waals surface area contributed by atoms with E-state index < -0.39 is 0 Å². The molecule has 1 aromatic carbocycles. The first-order chi connectivity index (χ1) is 14.1. The van der Waals surface area contributed by atoms with Crippen molar-refractivity contribution >= 4 is 27.4 Å². The highest BCUT2D eigenvalue weighted by molar-refractivity contribution is 7.18. The number of hydrogen-bond donors (Lipinski definition) is 1. The Hall–Kier alpha value is -3.19. The molecule has 0 saturated carbocycles. The minimum Gasteiger partial charge on any atom is -0.493 e. The molecule has 3 aromatic heterocycles. The number of aryl methyl sites for hydroxylation is 2. The van der Waals surface area contributed by atoms with Gasteiger partial charge in [-0.25, -0.2) is 9.97 Å². The first-order valence-corrected chi connectivity index (χ1v) is 10.1. The topological polar surface area (TPSA) is 69.2 Å². The van der Waals surface area contributed by atoms with E-state index in [-0.39, 0.29) is 0 Å². The Morgan fingerprint density at radius 3 is 2.55 bits per heavy atom.